The first kappa shape index (κ1) is 24.1. The van der Waals surface area contributed by atoms with E-state index in [9.17, 15) is 18.4 Å². The van der Waals surface area contributed by atoms with E-state index in [1.54, 1.807) is 0 Å². The van der Waals surface area contributed by atoms with Gasteiger partial charge >= 0.3 is 0 Å². The molecule has 6 unspecified atom stereocenters. The summed E-state index contributed by atoms with van der Waals surface area (Å²) in [6, 6.07) is 5.32. The predicted molar refractivity (Wildman–Crippen MR) is 124 cm³/mol. The van der Waals surface area contributed by atoms with Gasteiger partial charge in [-0.05, 0) is 75.3 Å². The van der Waals surface area contributed by atoms with Gasteiger partial charge in [-0.15, -0.1) is 0 Å². The van der Waals surface area contributed by atoms with Crippen LogP contribution in [0.1, 0.15) is 56.6 Å². The minimum atomic E-state index is -2.87. The second kappa shape index (κ2) is 9.29. The van der Waals surface area contributed by atoms with Crippen molar-refractivity contribution in [2.24, 2.45) is 11.8 Å². The molecule has 1 aromatic carbocycles. The molecule has 3 saturated heterocycles. The Labute approximate surface area is 194 Å². The van der Waals surface area contributed by atoms with Gasteiger partial charge in [-0.25, -0.2) is 8.78 Å². The van der Waals surface area contributed by atoms with Crippen LogP contribution in [0, 0.1) is 18.8 Å². The molecule has 3 heterocycles. The Hall–Kier alpha value is -2.06. The van der Waals surface area contributed by atoms with Gasteiger partial charge in [0.1, 0.15) is 0 Å². The van der Waals surface area contributed by atoms with Crippen LogP contribution in [0.3, 0.4) is 0 Å². The first-order chi connectivity index (χ1) is 15.5. The number of hydrogen-bond acceptors (Lipinski definition) is 4. The maximum atomic E-state index is 13.7. The number of alkyl halides is 2. The van der Waals surface area contributed by atoms with Crippen LogP contribution in [0.15, 0.2) is 18.2 Å². The molecule has 0 saturated carbocycles. The van der Waals surface area contributed by atoms with Crippen LogP contribution >= 0.6 is 0 Å². The van der Waals surface area contributed by atoms with Gasteiger partial charge in [0.2, 0.25) is 11.8 Å². The van der Waals surface area contributed by atoms with Gasteiger partial charge in [0.15, 0.2) is 0 Å². The first-order valence-electron chi connectivity index (χ1n) is 12.1. The molecule has 3 N–H and O–H groups in total. The topological polar surface area (TPSA) is 73.5 Å². The van der Waals surface area contributed by atoms with E-state index in [0.717, 1.165) is 37.4 Å². The van der Waals surface area contributed by atoms with E-state index in [1.807, 2.05) is 37.1 Å². The number of nitrogens with zero attached hydrogens (tertiary/aromatic N) is 1. The summed E-state index contributed by atoms with van der Waals surface area (Å²) < 4.78 is 27.5. The van der Waals surface area contributed by atoms with Gasteiger partial charge in [-0.2, -0.15) is 0 Å². The Morgan fingerprint density at radius 1 is 1.21 bits per heavy atom. The number of benzene rings is 1. The average molecular weight is 463 g/mol. The lowest BCUT2D eigenvalue weighted by molar-refractivity contribution is -0.140. The average Bonchev–Trinajstić information content (AvgIpc) is 2.77. The highest BCUT2D eigenvalue weighted by Gasteiger charge is 2.43. The Bertz CT molecular complexity index is 903. The summed E-state index contributed by atoms with van der Waals surface area (Å²) in [6.07, 6.45) is 2.38. The van der Waals surface area contributed by atoms with Gasteiger partial charge in [0.25, 0.3) is 5.92 Å². The fraction of sp³-hybridized carbons (Fsp3) is 0.680. The maximum absolute atomic E-state index is 13.7. The molecule has 4 rings (SSSR count). The summed E-state index contributed by atoms with van der Waals surface area (Å²) in [5.74, 6) is -3.29. The SMILES string of the molecule is Cc1ccc(NC(=O)C2CCNC(C(C)(F)F)C2)cc1C1CC2CNC(C)CC2N(C)C1=O. The Kier molecular flexibility index (Phi) is 6.78. The molecule has 3 fully saturated rings. The van der Waals surface area contributed by atoms with Crippen LogP contribution in [0.25, 0.3) is 0 Å². The summed E-state index contributed by atoms with van der Waals surface area (Å²) in [6.45, 7) is 6.33. The van der Waals surface area contributed by atoms with Gasteiger partial charge in [0.05, 0.1) is 12.0 Å². The second-order valence-electron chi connectivity index (χ2n) is 10.4. The lowest BCUT2D eigenvalue weighted by Crippen LogP contribution is -2.57. The van der Waals surface area contributed by atoms with Gasteiger partial charge < -0.3 is 20.9 Å². The summed E-state index contributed by atoms with van der Waals surface area (Å²) in [7, 11) is 1.90. The Morgan fingerprint density at radius 3 is 2.70 bits per heavy atom. The minimum Gasteiger partial charge on any atom is -0.342 e. The molecule has 182 valence electrons. The van der Waals surface area contributed by atoms with Crippen molar-refractivity contribution in [2.75, 3.05) is 25.5 Å². The third-order valence-electron chi connectivity index (χ3n) is 7.86. The summed E-state index contributed by atoms with van der Waals surface area (Å²) in [5.41, 5.74) is 2.57. The van der Waals surface area contributed by atoms with Gasteiger partial charge in [-0.1, -0.05) is 6.07 Å². The second-order valence-corrected chi connectivity index (χ2v) is 10.4. The number of carbonyl (C=O) groups is 2. The van der Waals surface area contributed by atoms with E-state index in [-0.39, 0.29) is 30.2 Å². The fourth-order valence-electron chi connectivity index (χ4n) is 5.79. The molecule has 2 amide bonds. The molecule has 8 heteroatoms. The van der Waals surface area contributed by atoms with Gasteiger partial charge in [0, 0.05) is 44.2 Å². The number of anilines is 1. The fourth-order valence-corrected chi connectivity index (χ4v) is 5.79. The van der Waals surface area contributed by atoms with Crippen molar-refractivity contribution in [1.82, 2.24) is 15.5 Å². The molecule has 0 aliphatic carbocycles. The third kappa shape index (κ3) is 5.06. The minimum absolute atomic E-state index is 0.106. The number of hydrogen-bond donors (Lipinski definition) is 3. The van der Waals surface area contributed by atoms with E-state index >= 15 is 0 Å². The molecule has 3 aliphatic rings. The Morgan fingerprint density at radius 2 is 1.97 bits per heavy atom. The van der Waals surface area contributed by atoms with Crippen LogP contribution in [0.2, 0.25) is 0 Å². The van der Waals surface area contributed by atoms with Crippen LogP contribution in [0.4, 0.5) is 14.5 Å². The predicted octanol–water partition coefficient (Wildman–Crippen LogP) is 3.27. The van der Waals surface area contributed by atoms with Crippen molar-refractivity contribution in [1.29, 1.82) is 0 Å². The summed E-state index contributed by atoms with van der Waals surface area (Å²) in [5, 5.41) is 9.29. The summed E-state index contributed by atoms with van der Waals surface area (Å²) >= 11 is 0. The summed E-state index contributed by atoms with van der Waals surface area (Å²) in [4.78, 5) is 28.1. The zero-order chi connectivity index (χ0) is 23.9. The van der Waals surface area contributed by atoms with E-state index in [0.29, 0.717) is 30.6 Å². The molecule has 0 radical (unpaired) electrons. The number of likely N-dealkylation sites (N-methyl/N-ethyl adjacent to an activating group) is 1. The molecule has 6 atom stereocenters. The standard InChI is InChI=1S/C25H36F2N4O2/c1-14-5-6-18(30-23(32)16-7-8-28-22(11-16)25(3,26)27)12-19(14)20-10-17-13-29-15(2)9-21(17)31(4)24(20)33/h5-6,12,15-17,20-22,28-29H,7-11,13H2,1-4H3,(H,30,32). The maximum Gasteiger partial charge on any atom is 0.260 e. The van der Waals surface area contributed by atoms with Crippen molar-refractivity contribution in [3.8, 4) is 0 Å². The van der Waals surface area contributed by atoms with Crippen molar-refractivity contribution in [2.45, 2.75) is 76.4 Å². The normalized spacial score (nSPS) is 32.9. The van der Waals surface area contributed by atoms with Crippen molar-refractivity contribution in [3.05, 3.63) is 29.3 Å². The highest BCUT2D eigenvalue weighted by molar-refractivity contribution is 5.93. The number of amides is 2. The van der Waals surface area contributed by atoms with E-state index in [2.05, 4.69) is 22.9 Å². The number of aryl methyl sites for hydroxylation is 1. The van der Waals surface area contributed by atoms with Crippen molar-refractivity contribution in [3.63, 3.8) is 0 Å². The first-order valence-corrected chi connectivity index (χ1v) is 12.1. The highest BCUT2D eigenvalue weighted by atomic mass is 19.3. The van der Waals surface area contributed by atoms with Gasteiger partial charge in [-0.3, -0.25) is 9.59 Å². The molecule has 6 nitrogen and oxygen atoms in total. The number of carbonyl (C=O) groups excluding carboxylic acids is 2. The number of fused-ring (bicyclic) bond motifs is 1. The largest absolute Gasteiger partial charge is 0.342 e. The molecule has 3 aliphatic heterocycles. The number of rotatable bonds is 4. The Balaban J connectivity index is 1.49. The number of nitrogens with one attached hydrogen (secondary N) is 3. The molecule has 0 bridgehead atoms. The molecule has 33 heavy (non-hydrogen) atoms. The molecule has 1 aromatic rings. The lowest BCUT2D eigenvalue weighted by Gasteiger charge is -2.47. The highest BCUT2D eigenvalue weighted by Crippen LogP contribution is 2.39. The van der Waals surface area contributed by atoms with E-state index < -0.39 is 17.9 Å². The quantitative estimate of drug-likeness (QED) is 0.642. The molecule has 0 aromatic heterocycles. The zero-order valence-corrected chi connectivity index (χ0v) is 20.0. The number of piperidine rings is 3. The van der Waals surface area contributed by atoms with Crippen molar-refractivity contribution < 1.29 is 18.4 Å². The number of halogens is 2. The van der Waals surface area contributed by atoms with Crippen LogP contribution in [-0.4, -0.2) is 60.9 Å². The number of likely N-dealkylation sites (tertiary alicyclic amines) is 1. The lowest BCUT2D eigenvalue weighted by atomic mass is 9.75. The molecular formula is C25H36F2N4O2. The molecular weight excluding hydrogens is 426 g/mol. The smallest absolute Gasteiger partial charge is 0.260 e. The van der Waals surface area contributed by atoms with E-state index in [4.69, 9.17) is 0 Å². The molecule has 0 spiro atoms. The monoisotopic (exact) mass is 462 g/mol. The van der Waals surface area contributed by atoms with Crippen LogP contribution in [-0.2, 0) is 9.59 Å². The third-order valence-corrected chi connectivity index (χ3v) is 7.86. The van der Waals surface area contributed by atoms with E-state index in [1.165, 1.54) is 0 Å². The van der Waals surface area contributed by atoms with Crippen LogP contribution in [0.5, 0.6) is 0 Å². The van der Waals surface area contributed by atoms with Crippen molar-refractivity contribution >= 4 is 17.5 Å². The van der Waals surface area contributed by atoms with Crippen LogP contribution < -0.4 is 16.0 Å². The zero-order valence-electron chi connectivity index (χ0n) is 20.0.